The molecule has 0 bridgehead atoms. The summed E-state index contributed by atoms with van der Waals surface area (Å²) in [6, 6.07) is 0. The zero-order valence-corrected chi connectivity index (χ0v) is 14.7. The maximum Gasteiger partial charge on any atom is 0.00477 e. The molecule has 1 atom stereocenters. The van der Waals surface area contributed by atoms with Crippen LogP contribution in [0.3, 0.4) is 0 Å². The number of hydrogen-bond donors (Lipinski definition) is 1. The predicted octanol–water partition coefficient (Wildman–Crippen LogP) is 4.30. The minimum absolute atomic E-state index is 0.446. The summed E-state index contributed by atoms with van der Waals surface area (Å²) in [6.45, 7) is 18.1. The van der Waals surface area contributed by atoms with Crippen LogP contribution in [0.15, 0.2) is 0 Å². The number of nitrogens with one attached hydrogen (secondary N) is 1. The monoisotopic (exact) mass is 282 g/mol. The fourth-order valence-corrected chi connectivity index (χ4v) is 3.92. The van der Waals surface area contributed by atoms with Crippen LogP contribution in [0.25, 0.3) is 0 Å². The van der Waals surface area contributed by atoms with Crippen molar-refractivity contribution in [2.45, 2.75) is 73.1 Å². The van der Waals surface area contributed by atoms with Gasteiger partial charge in [0, 0.05) is 19.6 Å². The summed E-state index contributed by atoms with van der Waals surface area (Å²) in [5.41, 5.74) is 1.06. The number of rotatable bonds is 10. The molecule has 120 valence electrons. The molecule has 1 unspecified atom stereocenters. The molecule has 0 saturated carbocycles. The molecule has 1 N–H and O–H groups in total. The number of hydrogen-bond acceptors (Lipinski definition) is 2. The minimum Gasteiger partial charge on any atom is -0.316 e. The van der Waals surface area contributed by atoms with Gasteiger partial charge in [0.1, 0.15) is 0 Å². The van der Waals surface area contributed by atoms with E-state index in [2.05, 4.69) is 44.8 Å². The zero-order valence-electron chi connectivity index (χ0n) is 14.7. The maximum atomic E-state index is 3.66. The Morgan fingerprint density at radius 3 is 2.30 bits per heavy atom. The summed E-state index contributed by atoms with van der Waals surface area (Å²) in [5.74, 6) is 0. The second kappa shape index (κ2) is 8.38. The fraction of sp³-hybridized carbons (Fsp3) is 1.00. The molecule has 0 aliphatic carbocycles. The Kier molecular flexibility index (Phi) is 7.53. The summed E-state index contributed by atoms with van der Waals surface area (Å²) >= 11 is 0. The van der Waals surface area contributed by atoms with Gasteiger partial charge in [0.05, 0.1) is 0 Å². The number of nitrogens with zero attached hydrogens (tertiary/aromatic N) is 1. The van der Waals surface area contributed by atoms with Gasteiger partial charge in [-0.2, -0.15) is 0 Å². The van der Waals surface area contributed by atoms with Crippen molar-refractivity contribution < 1.29 is 0 Å². The van der Waals surface area contributed by atoms with Crippen LogP contribution < -0.4 is 5.32 Å². The lowest BCUT2D eigenvalue weighted by molar-refractivity contribution is 0.153. The van der Waals surface area contributed by atoms with E-state index in [0.29, 0.717) is 10.8 Å². The average Bonchev–Trinajstić information content (AvgIpc) is 2.83. The van der Waals surface area contributed by atoms with Crippen LogP contribution in [0, 0.1) is 10.8 Å². The number of likely N-dealkylation sites (tertiary alicyclic amines) is 1. The van der Waals surface area contributed by atoms with Crippen molar-refractivity contribution in [1.82, 2.24) is 10.2 Å². The molecule has 0 aromatic heterocycles. The van der Waals surface area contributed by atoms with E-state index in [1.165, 1.54) is 64.7 Å². The highest BCUT2D eigenvalue weighted by Crippen LogP contribution is 2.38. The average molecular weight is 283 g/mol. The molecule has 0 aromatic rings. The Hall–Kier alpha value is -0.0800. The summed E-state index contributed by atoms with van der Waals surface area (Å²) in [6.07, 6.45) is 7.97. The van der Waals surface area contributed by atoms with Crippen LogP contribution in [-0.2, 0) is 0 Å². The lowest BCUT2D eigenvalue weighted by Crippen LogP contribution is -2.42. The lowest BCUT2D eigenvalue weighted by Gasteiger charge is -2.35. The minimum atomic E-state index is 0.446. The van der Waals surface area contributed by atoms with E-state index in [4.69, 9.17) is 0 Å². The van der Waals surface area contributed by atoms with Crippen LogP contribution in [0.4, 0.5) is 0 Å². The van der Waals surface area contributed by atoms with E-state index in [1.807, 2.05) is 0 Å². The van der Waals surface area contributed by atoms with Crippen molar-refractivity contribution in [2.75, 3.05) is 32.7 Å². The van der Waals surface area contributed by atoms with Gasteiger partial charge in [0.15, 0.2) is 0 Å². The molecule has 1 saturated heterocycles. The highest BCUT2D eigenvalue weighted by Gasteiger charge is 2.37. The SMILES string of the molecule is CCCNCC(C)(CCC)CN1CCC(CC)(CC)C1. The second-order valence-corrected chi connectivity index (χ2v) is 7.41. The molecule has 2 nitrogen and oxygen atoms in total. The van der Waals surface area contributed by atoms with Gasteiger partial charge in [0.2, 0.25) is 0 Å². The third-order valence-electron chi connectivity index (χ3n) is 5.45. The van der Waals surface area contributed by atoms with E-state index in [0.717, 1.165) is 6.54 Å². The first-order valence-electron chi connectivity index (χ1n) is 8.96. The molecule has 0 amide bonds. The first kappa shape index (κ1) is 18.0. The Morgan fingerprint density at radius 2 is 1.80 bits per heavy atom. The molecular weight excluding hydrogens is 244 g/mol. The molecule has 1 heterocycles. The van der Waals surface area contributed by atoms with Crippen molar-refractivity contribution in [2.24, 2.45) is 10.8 Å². The molecule has 2 heteroatoms. The summed E-state index contributed by atoms with van der Waals surface area (Å²) in [5, 5.41) is 3.66. The summed E-state index contributed by atoms with van der Waals surface area (Å²) < 4.78 is 0. The molecular formula is C18H38N2. The van der Waals surface area contributed by atoms with Gasteiger partial charge in [-0.05, 0) is 56.0 Å². The van der Waals surface area contributed by atoms with Crippen LogP contribution in [0.1, 0.15) is 73.1 Å². The Balaban J connectivity index is 2.53. The zero-order chi connectivity index (χ0) is 15.1. The lowest BCUT2D eigenvalue weighted by atomic mass is 9.81. The van der Waals surface area contributed by atoms with Crippen molar-refractivity contribution in [3.63, 3.8) is 0 Å². The topological polar surface area (TPSA) is 15.3 Å². The first-order chi connectivity index (χ1) is 9.53. The van der Waals surface area contributed by atoms with Gasteiger partial charge in [-0.25, -0.2) is 0 Å². The van der Waals surface area contributed by atoms with Crippen molar-refractivity contribution in [3.05, 3.63) is 0 Å². The molecule has 1 rings (SSSR count). The standard InChI is InChI=1S/C18H38N2/c1-6-10-17(5,14-19-12-7-2)15-20-13-11-18(8-3,9-4)16-20/h19H,6-16H2,1-5H3. The molecule has 20 heavy (non-hydrogen) atoms. The van der Waals surface area contributed by atoms with Crippen LogP contribution in [-0.4, -0.2) is 37.6 Å². The van der Waals surface area contributed by atoms with Gasteiger partial charge in [0.25, 0.3) is 0 Å². The van der Waals surface area contributed by atoms with Gasteiger partial charge < -0.3 is 10.2 Å². The Morgan fingerprint density at radius 1 is 1.10 bits per heavy atom. The van der Waals surface area contributed by atoms with Crippen molar-refractivity contribution >= 4 is 0 Å². The molecule has 0 aromatic carbocycles. The van der Waals surface area contributed by atoms with Gasteiger partial charge in [-0.3, -0.25) is 0 Å². The van der Waals surface area contributed by atoms with Gasteiger partial charge >= 0.3 is 0 Å². The normalized spacial score (nSPS) is 22.1. The second-order valence-electron chi connectivity index (χ2n) is 7.41. The largest absolute Gasteiger partial charge is 0.316 e. The smallest absolute Gasteiger partial charge is 0.00477 e. The van der Waals surface area contributed by atoms with E-state index >= 15 is 0 Å². The fourth-order valence-electron chi connectivity index (χ4n) is 3.92. The molecule has 0 radical (unpaired) electrons. The third kappa shape index (κ3) is 5.04. The quantitative estimate of drug-likeness (QED) is 0.601. The predicted molar refractivity (Wildman–Crippen MR) is 90.2 cm³/mol. The first-order valence-corrected chi connectivity index (χ1v) is 8.96. The van der Waals surface area contributed by atoms with Crippen molar-refractivity contribution in [3.8, 4) is 0 Å². The van der Waals surface area contributed by atoms with E-state index in [9.17, 15) is 0 Å². The van der Waals surface area contributed by atoms with E-state index < -0.39 is 0 Å². The van der Waals surface area contributed by atoms with E-state index in [-0.39, 0.29) is 0 Å². The van der Waals surface area contributed by atoms with Crippen LogP contribution >= 0.6 is 0 Å². The van der Waals surface area contributed by atoms with Gasteiger partial charge in [-0.15, -0.1) is 0 Å². The third-order valence-corrected chi connectivity index (χ3v) is 5.45. The molecule has 0 spiro atoms. The molecule has 1 aliphatic heterocycles. The summed E-state index contributed by atoms with van der Waals surface area (Å²) in [4.78, 5) is 2.75. The maximum absolute atomic E-state index is 3.66. The van der Waals surface area contributed by atoms with Crippen LogP contribution in [0.2, 0.25) is 0 Å². The Bertz CT molecular complexity index is 260. The molecule has 1 aliphatic rings. The van der Waals surface area contributed by atoms with Crippen molar-refractivity contribution in [1.29, 1.82) is 0 Å². The highest BCUT2D eigenvalue weighted by atomic mass is 15.2. The van der Waals surface area contributed by atoms with E-state index in [1.54, 1.807) is 0 Å². The van der Waals surface area contributed by atoms with Crippen LogP contribution in [0.5, 0.6) is 0 Å². The Labute approximate surface area is 127 Å². The highest BCUT2D eigenvalue weighted by molar-refractivity contribution is 4.91. The van der Waals surface area contributed by atoms with Gasteiger partial charge in [-0.1, -0.05) is 41.0 Å². The molecule has 1 fully saturated rings. The summed E-state index contributed by atoms with van der Waals surface area (Å²) in [7, 11) is 0.